The molecule has 0 heterocycles. The molecule has 6 heteroatoms. The van der Waals surface area contributed by atoms with Crippen LogP contribution in [-0.4, -0.2) is 11.9 Å². The highest BCUT2D eigenvalue weighted by Crippen LogP contribution is 2.22. The standard InChI is InChI=1S/C12H13F2N3O/c1-6(2)11(12(16)18)17-8-4-3-7(5-15)9(13)10(8)14/h3-4,6,11,17H,1-2H3,(H2,16,18). The van der Waals surface area contributed by atoms with Gasteiger partial charge in [0, 0.05) is 0 Å². The first-order valence-electron chi connectivity index (χ1n) is 5.32. The maximum atomic E-state index is 13.6. The van der Waals surface area contributed by atoms with Crippen LogP contribution in [0.5, 0.6) is 0 Å². The minimum atomic E-state index is -1.24. The summed E-state index contributed by atoms with van der Waals surface area (Å²) < 4.78 is 27.0. The second-order valence-corrected chi connectivity index (χ2v) is 4.17. The highest BCUT2D eigenvalue weighted by Gasteiger charge is 2.22. The molecule has 1 rings (SSSR count). The Morgan fingerprint density at radius 3 is 2.44 bits per heavy atom. The van der Waals surface area contributed by atoms with Gasteiger partial charge < -0.3 is 11.1 Å². The van der Waals surface area contributed by atoms with E-state index in [9.17, 15) is 13.6 Å². The summed E-state index contributed by atoms with van der Waals surface area (Å²) >= 11 is 0. The van der Waals surface area contributed by atoms with Crippen LogP contribution in [0.1, 0.15) is 19.4 Å². The maximum Gasteiger partial charge on any atom is 0.240 e. The van der Waals surface area contributed by atoms with Crippen LogP contribution in [0.3, 0.4) is 0 Å². The molecule has 1 aromatic rings. The molecule has 0 aromatic heterocycles. The van der Waals surface area contributed by atoms with Gasteiger partial charge in [-0.3, -0.25) is 4.79 Å². The van der Waals surface area contributed by atoms with Gasteiger partial charge in [0.15, 0.2) is 11.6 Å². The van der Waals surface area contributed by atoms with E-state index in [1.165, 1.54) is 12.1 Å². The van der Waals surface area contributed by atoms with E-state index < -0.39 is 29.1 Å². The van der Waals surface area contributed by atoms with Crippen molar-refractivity contribution in [3.05, 3.63) is 29.3 Å². The van der Waals surface area contributed by atoms with Crippen LogP contribution in [0, 0.1) is 28.9 Å². The van der Waals surface area contributed by atoms with Crippen molar-refractivity contribution in [2.45, 2.75) is 19.9 Å². The van der Waals surface area contributed by atoms with Gasteiger partial charge in [0.1, 0.15) is 12.1 Å². The highest BCUT2D eigenvalue weighted by atomic mass is 19.2. The van der Waals surface area contributed by atoms with Gasteiger partial charge in [-0.05, 0) is 18.1 Å². The van der Waals surface area contributed by atoms with Gasteiger partial charge in [0.2, 0.25) is 5.91 Å². The summed E-state index contributed by atoms with van der Waals surface area (Å²) in [6.07, 6.45) is 0. The predicted molar refractivity (Wildman–Crippen MR) is 62.5 cm³/mol. The lowest BCUT2D eigenvalue weighted by atomic mass is 10.0. The molecule has 0 aliphatic carbocycles. The summed E-state index contributed by atoms with van der Waals surface area (Å²) in [6.45, 7) is 3.45. The van der Waals surface area contributed by atoms with E-state index in [1.807, 2.05) is 0 Å². The third kappa shape index (κ3) is 2.74. The summed E-state index contributed by atoms with van der Waals surface area (Å²) in [7, 11) is 0. The molecule has 0 saturated heterocycles. The fourth-order valence-corrected chi connectivity index (χ4v) is 1.48. The topological polar surface area (TPSA) is 78.9 Å². The Balaban J connectivity index is 3.09. The van der Waals surface area contributed by atoms with Gasteiger partial charge in [0.05, 0.1) is 11.3 Å². The Hall–Kier alpha value is -2.16. The summed E-state index contributed by atoms with van der Waals surface area (Å²) in [5, 5.41) is 11.1. The summed E-state index contributed by atoms with van der Waals surface area (Å²) in [5.74, 6) is -3.27. The number of rotatable bonds is 4. The van der Waals surface area contributed by atoms with Crippen molar-refractivity contribution >= 4 is 11.6 Å². The van der Waals surface area contributed by atoms with Crippen molar-refractivity contribution in [3.8, 4) is 6.07 Å². The largest absolute Gasteiger partial charge is 0.371 e. The minimum absolute atomic E-state index is 0.180. The monoisotopic (exact) mass is 253 g/mol. The first-order chi connectivity index (χ1) is 8.38. The average molecular weight is 253 g/mol. The number of benzene rings is 1. The summed E-state index contributed by atoms with van der Waals surface area (Å²) in [5.41, 5.74) is 4.58. The first kappa shape index (κ1) is 13.9. The number of nitriles is 1. The van der Waals surface area contributed by atoms with Gasteiger partial charge in [-0.15, -0.1) is 0 Å². The number of nitrogens with one attached hydrogen (secondary N) is 1. The number of nitrogens with zero attached hydrogens (tertiary/aromatic N) is 1. The van der Waals surface area contributed by atoms with E-state index in [2.05, 4.69) is 5.32 Å². The molecule has 0 aliphatic heterocycles. The van der Waals surface area contributed by atoms with Gasteiger partial charge >= 0.3 is 0 Å². The first-order valence-corrected chi connectivity index (χ1v) is 5.32. The molecule has 1 atom stereocenters. The summed E-state index contributed by atoms with van der Waals surface area (Å²) in [4.78, 5) is 11.2. The maximum absolute atomic E-state index is 13.6. The van der Waals surface area contributed by atoms with E-state index in [1.54, 1.807) is 13.8 Å². The number of carbonyl (C=O) groups excluding carboxylic acids is 1. The Bertz CT molecular complexity index is 509. The molecule has 0 fully saturated rings. The van der Waals surface area contributed by atoms with Gasteiger partial charge in [-0.25, -0.2) is 8.78 Å². The van der Waals surface area contributed by atoms with E-state index in [-0.39, 0.29) is 11.6 Å². The van der Waals surface area contributed by atoms with Crippen LogP contribution in [0.2, 0.25) is 0 Å². The molecular formula is C12H13F2N3O. The number of primary amides is 1. The van der Waals surface area contributed by atoms with Crippen molar-refractivity contribution < 1.29 is 13.6 Å². The molecule has 0 radical (unpaired) electrons. The van der Waals surface area contributed by atoms with Crippen molar-refractivity contribution in [2.75, 3.05) is 5.32 Å². The number of nitrogens with two attached hydrogens (primary N) is 1. The summed E-state index contributed by atoms with van der Waals surface area (Å²) in [6, 6.07) is 3.06. The van der Waals surface area contributed by atoms with E-state index in [0.717, 1.165) is 6.07 Å². The number of hydrogen-bond acceptors (Lipinski definition) is 3. The minimum Gasteiger partial charge on any atom is -0.371 e. The highest BCUT2D eigenvalue weighted by molar-refractivity contribution is 5.83. The van der Waals surface area contributed by atoms with Crippen molar-refractivity contribution in [3.63, 3.8) is 0 Å². The second kappa shape index (κ2) is 5.45. The number of halogens is 2. The molecule has 1 amide bonds. The fraction of sp³-hybridized carbons (Fsp3) is 0.333. The van der Waals surface area contributed by atoms with Crippen LogP contribution in [0.15, 0.2) is 12.1 Å². The molecule has 1 aromatic carbocycles. The smallest absolute Gasteiger partial charge is 0.240 e. The quantitative estimate of drug-likeness (QED) is 0.858. The van der Waals surface area contributed by atoms with Crippen LogP contribution in [-0.2, 0) is 4.79 Å². The normalized spacial score (nSPS) is 12.0. The van der Waals surface area contributed by atoms with Crippen LogP contribution in [0.4, 0.5) is 14.5 Å². The fourth-order valence-electron chi connectivity index (χ4n) is 1.48. The molecule has 0 spiro atoms. The van der Waals surface area contributed by atoms with Crippen molar-refractivity contribution in [1.82, 2.24) is 0 Å². The Morgan fingerprint density at radius 2 is 2.00 bits per heavy atom. The van der Waals surface area contributed by atoms with Crippen LogP contribution < -0.4 is 11.1 Å². The molecule has 0 bridgehead atoms. The lowest BCUT2D eigenvalue weighted by Gasteiger charge is -2.20. The molecule has 0 aliphatic rings. The molecule has 18 heavy (non-hydrogen) atoms. The molecule has 0 saturated carbocycles. The number of anilines is 1. The van der Waals surface area contributed by atoms with Crippen LogP contribution >= 0.6 is 0 Å². The van der Waals surface area contributed by atoms with E-state index >= 15 is 0 Å². The molecule has 96 valence electrons. The Morgan fingerprint density at radius 1 is 1.39 bits per heavy atom. The number of carbonyl (C=O) groups is 1. The SMILES string of the molecule is CC(C)C(Nc1ccc(C#N)c(F)c1F)C(N)=O. The average Bonchev–Trinajstić information content (AvgIpc) is 2.30. The van der Waals surface area contributed by atoms with Gasteiger partial charge in [0.25, 0.3) is 0 Å². The molecule has 3 N–H and O–H groups in total. The zero-order chi connectivity index (χ0) is 13.9. The Kier molecular flexibility index (Phi) is 4.21. The zero-order valence-corrected chi connectivity index (χ0v) is 10.00. The predicted octanol–water partition coefficient (Wildman–Crippen LogP) is 1.76. The van der Waals surface area contributed by atoms with E-state index in [4.69, 9.17) is 11.0 Å². The Labute approximate surface area is 103 Å². The second-order valence-electron chi connectivity index (χ2n) is 4.17. The lowest BCUT2D eigenvalue weighted by Crippen LogP contribution is -2.39. The van der Waals surface area contributed by atoms with Crippen molar-refractivity contribution in [2.24, 2.45) is 11.7 Å². The van der Waals surface area contributed by atoms with Gasteiger partial charge in [-0.2, -0.15) is 5.26 Å². The molecule has 1 unspecified atom stereocenters. The zero-order valence-electron chi connectivity index (χ0n) is 10.00. The third-order valence-corrected chi connectivity index (χ3v) is 2.49. The van der Waals surface area contributed by atoms with E-state index in [0.29, 0.717) is 0 Å². The number of hydrogen-bond donors (Lipinski definition) is 2. The van der Waals surface area contributed by atoms with Gasteiger partial charge in [-0.1, -0.05) is 13.8 Å². The molecule has 4 nitrogen and oxygen atoms in total. The number of amides is 1. The van der Waals surface area contributed by atoms with Crippen LogP contribution in [0.25, 0.3) is 0 Å². The lowest BCUT2D eigenvalue weighted by molar-refractivity contribution is -0.119. The molecular weight excluding hydrogens is 240 g/mol. The van der Waals surface area contributed by atoms with Crippen molar-refractivity contribution in [1.29, 1.82) is 5.26 Å². The third-order valence-electron chi connectivity index (χ3n) is 2.49.